The standard InChI is InChI=1S/C57H35N5/c1-2-18-42(19-3-1)61-50-25-10-8-20-45(50)47-31-30-41(35-53(47)61)56-58-55(40-29-28-36-14-4-5-15-37(36)32-40)59-57(60-56)48-24-12-23-44-43(48)22-13-27-52(44)62-51-26-11-9-21-46(51)49-33-38-16-6-7-17-39(38)34-54(49)62/h1-35H. The summed E-state index contributed by atoms with van der Waals surface area (Å²) in [6.45, 7) is 0. The number of nitrogens with zero attached hydrogens (tertiary/aromatic N) is 5. The van der Waals surface area contributed by atoms with E-state index in [0.717, 1.165) is 55.3 Å². The molecule has 0 aliphatic carbocycles. The van der Waals surface area contributed by atoms with Gasteiger partial charge in [-0.15, -0.1) is 0 Å². The molecule has 0 saturated carbocycles. The maximum atomic E-state index is 5.36. The zero-order chi connectivity index (χ0) is 40.7. The molecule has 0 saturated heterocycles. The lowest BCUT2D eigenvalue weighted by atomic mass is 10.0. The van der Waals surface area contributed by atoms with E-state index >= 15 is 0 Å². The fraction of sp³-hybridized carbons (Fsp3) is 0. The van der Waals surface area contributed by atoms with Crippen LogP contribution in [-0.2, 0) is 0 Å². The van der Waals surface area contributed by atoms with Crippen molar-refractivity contribution in [2.75, 3.05) is 0 Å². The Morgan fingerprint density at radius 3 is 1.60 bits per heavy atom. The first-order valence-electron chi connectivity index (χ1n) is 21.0. The van der Waals surface area contributed by atoms with Gasteiger partial charge in [-0.2, -0.15) is 0 Å². The van der Waals surface area contributed by atoms with E-state index in [1.807, 2.05) is 0 Å². The summed E-state index contributed by atoms with van der Waals surface area (Å²) in [6, 6.07) is 75.7. The molecular weight excluding hydrogens is 755 g/mol. The van der Waals surface area contributed by atoms with E-state index < -0.39 is 0 Å². The van der Waals surface area contributed by atoms with Gasteiger partial charge in [0.2, 0.25) is 0 Å². The zero-order valence-electron chi connectivity index (χ0n) is 33.4. The highest BCUT2D eigenvalue weighted by Crippen LogP contribution is 2.40. The first-order valence-corrected chi connectivity index (χ1v) is 21.0. The van der Waals surface area contributed by atoms with Crippen LogP contribution in [0.3, 0.4) is 0 Å². The Morgan fingerprint density at radius 2 is 0.806 bits per heavy atom. The third-order valence-electron chi connectivity index (χ3n) is 12.5. The molecule has 13 rings (SSSR count). The van der Waals surface area contributed by atoms with Crippen LogP contribution in [-0.4, -0.2) is 24.1 Å². The summed E-state index contributed by atoms with van der Waals surface area (Å²) < 4.78 is 4.76. The van der Waals surface area contributed by atoms with Crippen LogP contribution < -0.4 is 0 Å². The van der Waals surface area contributed by atoms with Gasteiger partial charge in [0.1, 0.15) is 0 Å². The van der Waals surface area contributed by atoms with Crippen molar-refractivity contribution in [3.05, 3.63) is 212 Å². The van der Waals surface area contributed by atoms with Gasteiger partial charge < -0.3 is 9.13 Å². The summed E-state index contributed by atoms with van der Waals surface area (Å²) in [5.74, 6) is 1.87. The SMILES string of the molecule is c1ccc(-n2c3ccccc3c3ccc(-c4nc(-c5ccc6ccccc6c5)nc(-c5cccc6c(-n7c8ccccc8c8cc9ccccc9cc87)cccc56)n4)cc32)cc1. The first kappa shape index (κ1) is 34.5. The Balaban J connectivity index is 1.05. The van der Waals surface area contributed by atoms with E-state index in [9.17, 15) is 0 Å². The smallest absolute Gasteiger partial charge is 0.164 e. The van der Waals surface area contributed by atoms with E-state index in [-0.39, 0.29) is 0 Å². The molecule has 62 heavy (non-hydrogen) atoms. The minimum Gasteiger partial charge on any atom is -0.309 e. The minimum atomic E-state index is 0.618. The molecule has 5 nitrogen and oxygen atoms in total. The van der Waals surface area contributed by atoms with Crippen molar-refractivity contribution in [2.24, 2.45) is 0 Å². The summed E-state index contributed by atoms with van der Waals surface area (Å²) >= 11 is 0. The van der Waals surface area contributed by atoms with Crippen molar-refractivity contribution in [3.63, 3.8) is 0 Å². The summed E-state index contributed by atoms with van der Waals surface area (Å²) in [6.07, 6.45) is 0. The molecule has 0 atom stereocenters. The van der Waals surface area contributed by atoms with Crippen LogP contribution in [0.25, 0.3) is 121 Å². The molecule has 0 amide bonds. The Morgan fingerprint density at radius 1 is 0.274 bits per heavy atom. The van der Waals surface area contributed by atoms with Crippen LogP contribution in [0.2, 0.25) is 0 Å². The number of benzene rings is 10. The predicted molar refractivity (Wildman–Crippen MR) is 257 cm³/mol. The van der Waals surface area contributed by atoms with Gasteiger partial charge in [-0.3, -0.25) is 0 Å². The minimum absolute atomic E-state index is 0.618. The second kappa shape index (κ2) is 13.6. The van der Waals surface area contributed by atoms with E-state index in [1.54, 1.807) is 0 Å². The van der Waals surface area contributed by atoms with Gasteiger partial charge >= 0.3 is 0 Å². The summed E-state index contributed by atoms with van der Waals surface area (Å²) in [4.78, 5) is 15.9. The topological polar surface area (TPSA) is 48.5 Å². The molecule has 0 aliphatic heterocycles. The van der Waals surface area contributed by atoms with Crippen molar-refractivity contribution in [1.29, 1.82) is 0 Å². The van der Waals surface area contributed by atoms with E-state index in [4.69, 9.17) is 15.0 Å². The van der Waals surface area contributed by atoms with Gasteiger partial charge in [-0.1, -0.05) is 158 Å². The van der Waals surface area contributed by atoms with Gasteiger partial charge in [0.05, 0.1) is 27.8 Å². The molecule has 0 spiro atoms. The van der Waals surface area contributed by atoms with E-state index in [0.29, 0.717) is 17.5 Å². The summed E-state index contributed by atoms with van der Waals surface area (Å²) in [7, 11) is 0. The number of hydrogen-bond donors (Lipinski definition) is 0. The molecule has 0 radical (unpaired) electrons. The Bertz CT molecular complexity index is 3930. The van der Waals surface area contributed by atoms with Gasteiger partial charge in [-0.05, 0) is 81.5 Å². The molecule has 0 N–H and O–H groups in total. The van der Waals surface area contributed by atoms with Crippen LogP contribution in [0.4, 0.5) is 0 Å². The maximum absolute atomic E-state index is 5.36. The lowest BCUT2D eigenvalue weighted by molar-refractivity contribution is 1.08. The molecule has 0 fully saturated rings. The quantitative estimate of drug-likeness (QED) is 0.174. The molecule has 288 valence electrons. The van der Waals surface area contributed by atoms with Crippen molar-refractivity contribution < 1.29 is 0 Å². The zero-order valence-corrected chi connectivity index (χ0v) is 33.4. The van der Waals surface area contributed by atoms with Crippen LogP contribution in [0.1, 0.15) is 0 Å². The first-order chi connectivity index (χ1) is 30.7. The number of rotatable bonds is 5. The highest BCUT2D eigenvalue weighted by Gasteiger charge is 2.20. The summed E-state index contributed by atoms with van der Waals surface area (Å²) in [5.41, 5.74) is 9.60. The van der Waals surface area contributed by atoms with E-state index in [1.165, 1.54) is 48.7 Å². The van der Waals surface area contributed by atoms with Gasteiger partial charge in [0.15, 0.2) is 17.5 Å². The van der Waals surface area contributed by atoms with Crippen molar-refractivity contribution >= 4 is 75.9 Å². The molecule has 0 unspecified atom stereocenters. The number of para-hydroxylation sites is 3. The third-order valence-corrected chi connectivity index (χ3v) is 12.5. The lowest BCUT2D eigenvalue weighted by Crippen LogP contribution is -2.01. The van der Waals surface area contributed by atoms with E-state index in [2.05, 4.69) is 221 Å². The molecule has 10 aromatic carbocycles. The van der Waals surface area contributed by atoms with Gasteiger partial charge in [0.25, 0.3) is 0 Å². The Hall–Kier alpha value is -8.41. The van der Waals surface area contributed by atoms with Crippen molar-refractivity contribution in [1.82, 2.24) is 24.1 Å². The second-order valence-electron chi connectivity index (χ2n) is 16.0. The highest BCUT2D eigenvalue weighted by molar-refractivity contribution is 6.15. The normalized spacial score (nSPS) is 11.9. The number of aromatic nitrogens is 5. The number of hydrogen-bond acceptors (Lipinski definition) is 3. The van der Waals surface area contributed by atoms with Crippen LogP contribution in [0.5, 0.6) is 0 Å². The lowest BCUT2D eigenvalue weighted by Gasteiger charge is -2.15. The molecule has 0 bridgehead atoms. The second-order valence-corrected chi connectivity index (χ2v) is 16.0. The van der Waals surface area contributed by atoms with Crippen LogP contribution in [0, 0.1) is 0 Å². The molecule has 5 heteroatoms. The molecule has 0 aliphatic rings. The van der Waals surface area contributed by atoms with Crippen LogP contribution >= 0.6 is 0 Å². The fourth-order valence-corrected chi connectivity index (χ4v) is 9.65. The summed E-state index contributed by atoms with van der Waals surface area (Å²) in [5, 5.41) is 11.8. The van der Waals surface area contributed by atoms with Crippen molar-refractivity contribution in [3.8, 4) is 45.5 Å². The molecule has 3 heterocycles. The van der Waals surface area contributed by atoms with Gasteiger partial charge in [-0.25, -0.2) is 15.0 Å². The van der Waals surface area contributed by atoms with Crippen molar-refractivity contribution in [2.45, 2.75) is 0 Å². The average molecular weight is 790 g/mol. The molecular formula is C57H35N5. The fourth-order valence-electron chi connectivity index (χ4n) is 9.65. The molecule has 13 aromatic rings. The average Bonchev–Trinajstić information content (AvgIpc) is 3.84. The highest BCUT2D eigenvalue weighted by atomic mass is 15.0. The Kier molecular flexibility index (Phi) is 7.54. The third kappa shape index (κ3) is 5.32. The maximum Gasteiger partial charge on any atom is 0.164 e. The Labute approximate surface area is 356 Å². The molecule has 3 aromatic heterocycles. The number of fused-ring (bicyclic) bond motifs is 9. The predicted octanol–water partition coefficient (Wildman–Crippen LogP) is 14.5. The monoisotopic (exact) mass is 789 g/mol. The van der Waals surface area contributed by atoms with Gasteiger partial charge in [0, 0.05) is 49.3 Å². The van der Waals surface area contributed by atoms with Crippen LogP contribution in [0.15, 0.2) is 212 Å². The largest absolute Gasteiger partial charge is 0.309 e.